The van der Waals surface area contributed by atoms with E-state index >= 15 is 0 Å². The molecule has 0 aliphatic heterocycles. The summed E-state index contributed by atoms with van der Waals surface area (Å²) in [6.07, 6.45) is 2.31. The third kappa shape index (κ3) is 5.76. The van der Waals surface area contributed by atoms with Gasteiger partial charge in [-0.25, -0.2) is 9.79 Å². The highest BCUT2D eigenvalue weighted by Crippen LogP contribution is 2.07. The molecule has 1 rings (SSSR count). The van der Waals surface area contributed by atoms with Gasteiger partial charge < -0.3 is 15.0 Å². The molecule has 0 aromatic heterocycles. The fourth-order valence-electron chi connectivity index (χ4n) is 2.00. The molecule has 1 N–H and O–H groups in total. The van der Waals surface area contributed by atoms with Crippen LogP contribution in [0.15, 0.2) is 29.3 Å². The van der Waals surface area contributed by atoms with E-state index < -0.39 is 0 Å². The molecular formula is C17H27N3O2. The number of hydrogen-bond acceptors (Lipinski definition) is 3. The summed E-state index contributed by atoms with van der Waals surface area (Å²) < 4.78 is 4.69. The van der Waals surface area contributed by atoms with Crippen molar-refractivity contribution in [3.8, 4) is 0 Å². The van der Waals surface area contributed by atoms with E-state index in [1.165, 1.54) is 13.5 Å². The van der Waals surface area contributed by atoms with Gasteiger partial charge in [-0.3, -0.25) is 0 Å². The van der Waals surface area contributed by atoms with E-state index in [-0.39, 0.29) is 5.97 Å². The van der Waals surface area contributed by atoms with Crippen LogP contribution in [-0.2, 0) is 11.3 Å². The Balaban J connectivity index is 2.71. The lowest BCUT2D eigenvalue weighted by Crippen LogP contribution is -2.39. The molecule has 0 fully saturated rings. The number of nitrogens with zero attached hydrogens (tertiary/aromatic N) is 2. The fourth-order valence-corrected chi connectivity index (χ4v) is 2.00. The predicted octanol–water partition coefficient (Wildman–Crippen LogP) is 2.67. The molecule has 0 aliphatic carbocycles. The van der Waals surface area contributed by atoms with Crippen molar-refractivity contribution < 1.29 is 9.53 Å². The second kappa shape index (κ2) is 9.82. The lowest BCUT2D eigenvalue weighted by Gasteiger charge is -2.21. The third-order valence-corrected chi connectivity index (χ3v) is 3.33. The van der Waals surface area contributed by atoms with Gasteiger partial charge in [0.2, 0.25) is 0 Å². The largest absolute Gasteiger partial charge is 0.465 e. The lowest BCUT2D eigenvalue weighted by molar-refractivity contribution is 0.0600. The highest BCUT2D eigenvalue weighted by atomic mass is 16.5. The van der Waals surface area contributed by atoms with Crippen LogP contribution in [0.1, 0.15) is 42.6 Å². The molecule has 122 valence electrons. The van der Waals surface area contributed by atoms with Crippen molar-refractivity contribution in [2.24, 2.45) is 4.99 Å². The number of esters is 1. The van der Waals surface area contributed by atoms with Crippen LogP contribution in [0.4, 0.5) is 0 Å². The maximum Gasteiger partial charge on any atom is 0.337 e. The molecule has 0 radical (unpaired) electrons. The Hall–Kier alpha value is -2.04. The number of hydrogen-bond donors (Lipinski definition) is 1. The van der Waals surface area contributed by atoms with Gasteiger partial charge in [-0.2, -0.15) is 0 Å². The molecule has 22 heavy (non-hydrogen) atoms. The van der Waals surface area contributed by atoms with Crippen LogP contribution in [-0.4, -0.2) is 44.1 Å². The van der Waals surface area contributed by atoms with Crippen molar-refractivity contribution >= 4 is 11.9 Å². The average molecular weight is 305 g/mol. The maximum atomic E-state index is 11.4. The molecule has 5 nitrogen and oxygen atoms in total. The number of unbranched alkanes of at least 4 members (excludes halogenated alkanes) is 1. The van der Waals surface area contributed by atoms with Gasteiger partial charge in [-0.1, -0.05) is 25.5 Å². The van der Waals surface area contributed by atoms with Crippen LogP contribution in [0.5, 0.6) is 0 Å². The zero-order valence-corrected chi connectivity index (χ0v) is 14.1. The van der Waals surface area contributed by atoms with Crippen molar-refractivity contribution in [1.82, 2.24) is 10.2 Å². The Labute approximate surface area is 133 Å². The van der Waals surface area contributed by atoms with Gasteiger partial charge in [0, 0.05) is 20.1 Å². The molecule has 1 aromatic rings. The Kier molecular flexibility index (Phi) is 8.04. The number of methoxy groups -OCH3 is 1. The molecule has 0 unspecified atom stereocenters. The first kappa shape index (κ1) is 18.0. The van der Waals surface area contributed by atoms with Crippen molar-refractivity contribution in [2.75, 3.05) is 27.2 Å². The average Bonchev–Trinajstić information content (AvgIpc) is 2.56. The van der Waals surface area contributed by atoms with E-state index in [0.29, 0.717) is 12.1 Å². The number of carbonyl (C=O) groups is 1. The van der Waals surface area contributed by atoms with Crippen LogP contribution < -0.4 is 5.32 Å². The van der Waals surface area contributed by atoms with Crippen molar-refractivity contribution in [1.29, 1.82) is 0 Å². The second-order valence-corrected chi connectivity index (χ2v) is 5.13. The minimum absolute atomic E-state index is 0.317. The molecule has 0 spiro atoms. The minimum atomic E-state index is -0.317. The van der Waals surface area contributed by atoms with E-state index in [2.05, 4.69) is 36.1 Å². The number of ether oxygens (including phenoxy) is 1. The van der Waals surface area contributed by atoms with Crippen LogP contribution in [0.25, 0.3) is 0 Å². The molecule has 0 saturated carbocycles. The number of rotatable bonds is 7. The van der Waals surface area contributed by atoms with E-state index in [9.17, 15) is 4.79 Å². The molecule has 5 heteroatoms. The Morgan fingerprint density at radius 1 is 1.27 bits per heavy atom. The third-order valence-electron chi connectivity index (χ3n) is 3.33. The van der Waals surface area contributed by atoms with Crippen molar-refractivity contribution in [3.05, 3.63) is 35.4 Å². The smallest absolute Gasteiger partial charge is 0.337 e. The van der Waals surface area contributed by atoms with Gasteiger partial charge in [-0.15, -0.1) is 0 Å². The number of carbonyl (C=O) groups excluding carboxylic acids is 1. The molecule has 0 aliphatic rings. The Morgan fingerprint density at radius 3 is 2.50 bits per heavy atom. The van der Waals surface area contributed by atoms with Gasteiger partial charge in [0.15, 0.2) is 5.96 Å². The van der Waals surface area contributed by atoms with Crippen molar-refractivity contribution in [2.45, 2.75) is 33.2 Å². The standard InChI is InChI=1S/C17H27N3O2/c1-5-7-12-20(3)17(18-6-2)19-13-14-8-10-15(11-9-14)16(21)22-4/h8-11H,5-7,12-13H2,1-4H3,(H,18,19). The van der Waals surface area contributed by atoms with Crippen LogP contribution in [0.2, 0.25) is 0 Å². The highest BCUT2D eigenvalue weighted by Gasteiger charge is 2.06. The summed E-state index contributed by atoms with van der Waals surface area (Å²) >= 11 is 0. The first-order valence-electron chi connectivity index (χ1n) is 7.79. The normalized spacial score (nSPS) is 11.2. The van der Waals surface area contributed by atoms with E-state index in [4.69, 9.17) is 4.74 Å². The zero-order valence-electron chi connectivity index (χ0n) is 14.1. The van der Waals surface area contributed by atoms with Gasteiger partial charge in [0.25, 0.3) is 0 Å². The van der Waals surface area contributed by atoms with E-state index in [1.807, 2.05) is 12.1 Å². The number of benzene rings is 1. The number of aliphatic imine (C=N–C) groups is 1. The first-order valence-corrected chi connectivity index (χ1v) is 7.79. The molecule has 0 bridgehead atoms. The van der Waals surface area contributed by atoms with Crippen LogP contribution in [0.3, 0.4) is 0 Å². The van der Waals surface area contributed by atoms with Crippen LogP contribution in [0, 0.1) is 0 Å². The summed E-state index contributed by atoms with van der Waals surface area (Å²) in [4.78, 5) is 18.2. The summed E-state index contributed by atoms with van der Waals surface area (Å²) in [5.74, 6) is 0.593. The van der Waals surface area contributed by atoms with Crippen molar-refractivity contribution in [3.63, 3.8) is 0 Å². The monoisotopic (exact) mass is 305 g/mol. The summed E-state index contributed by atoms with van der Waals surface area (Å²) in [6.45, 7) is 6.66. The van der Waals surface area contributed by atoms with Gasteiger partial charge in [0.05, 0.1) is 19.2 Å². The summed E-state index contributed by atoms with van der Waals surface area (Å²) in [6, 6.07) is 7.35. The van der Waals surface area contributed by atoms with Gasteiger partial charge in [-0.05, 0) is 31.0 Å². The van der Waals surface area contributed by atoms with Gasteiger partial charge in [0.1, 0.15) is 0 Å². The summed E-state index contributed by atoms with van der Waals surface area (Å²) in [7, 11) is 3.44. The summed E-state index contributed by atoms with van der Waals surface area (Å²) in [5.41, 5.74) is 1.62. The first-order chi connectivity index (χ1) is 10.6. The van der Waals surface area contributed by atoms with E-state index in [0.717, 1.165) is 31.0 Å². The molecule has 1 aromatic carbocycles. The topological polar surface area (TPSA) is 53.9 Å². The number of nitrogens with one attached hydrogen (secondary N) is 1. The predicted molar refractivity (Wildman–Crippen MR) is 90.1 cm³/mol. The molecule has 0 heterocycles. The fraction of sp³-hybridized carbons (Fsp3) is 0.529. The molecule has 0 atom stereocenters. The minimum Gasteiger partial charge on any atom is -0.465 e. The maximum absolute atomic E-state index is 11.4. The zero-order chi connectivity index (χ0) is 16.4. The second-order valence-electron chi connectivity index (χ2n) is 5.13. The molecule has 0 saturated heterocycles. The lowest BCUT2D eigenvalue weighted by atomic mass is 10.1. The van der Waals surface area contributed by atoms with E-state index in [1.54, 1.807) is 12.1 Å². The molecular weight excluding hydrogens is 278 g/mol. The van der Waals surface area contributed by atoms with Crippen LogP contribution >= 0.6 is 0 Å². The highest BCUT2D eigenvalue weighted by molar-refractivity contribution is 5.89. The Bertz CT molecular complexity index is 483. The molecule has 0 amide bonds. The SMILES string of the molecule is CCCCN(C)C(=NCc1ccc(C(=O)OC)cc1)NCC. The van der Waals surface area contributed by atoms with Gasteiger partial charge >= 0.3 is 5.97 Å². The number of guanidine groups is 1. The Morgan fingerprint density at radius 2 is 1.95 bits per heavy atom. The summed E-state index contributed by atoms with van der Waals surface area (Å²) in [5, 5.41) is 3.30. The quantitative estimate of drug-likeness (QED) is 0.478.